The molecule has 2 rings (SSSR count). The number of anilines is 1. The van der Waals surface area contributed by atoms with Crippen LogP contribution in [0.1, 0.15) is 32.8 Å². The normalized spacial score (nSPS) is 19.1. The number of allylic oxidation sites excluding steroid dienone is 1. The molecule has 1 aliphatic rings. The molecule has 1 aromatic carbocycles. The number of fused-ring (bicyclic) bond motifs is 1. The molecule has 0 bridgehead atoms. The minimum absolute atomic E-state index is 0.0696. The molecule has 1 aliphatic heterocycles. The topological polar surface area (TPSA) is 64.9 Å². The van der Waals surface area contributed by atoms with Crippen molar-refractivity contribution in [1.29, 1.82) is 0 Å². The van der Waals surface area contributed by atoms with Crippen LogP contribution in [0.3, 0.4) is 0 Å². The summed E-state index contributed by atoms with van der Waals surface area (Å²) in [6, 6.07) is 5.92. The van der Waals surface area contributed by atoms with Gasteiger partial charge in [-0.25, -0.2) is 0 Å². The lowest BCUT2D eigenvalue weighted by Gasteiger charge is -2.33. The number of likely N-dealkylation sites (N-methyl/N-ethyl adjacent to an activating group) is 1. The predicted octanol–water partition coefficient (Wildman–Crippen LogP) is 3.16. The first-order valence-electron chi connectivity index (χ1n) is 9.03. The standard InChI is InChI=1S/C20H28ClN3O2/c1-5-17-8-15(18-7-6-16(21)9-19(18)24(17)4)11-22-10-13(2)20(26)23-14(3)12-25/h6-9,11,13-14,17,25H,5,10,12H2,1-4H3,(H,23,26). The lowest BCUT2D eigenvalue weighted by Crippen LogP contribution is -2.39. The Morgan fingerprint density at radius 2 is 2.19 bits per heavy atom. The first-order chi connectivity index (χ1) is 12.4. The summed E-state index contributed by atoms with van der Waals surface area (Å²) in [6.07, 6.45) is 5.04. The number of nitrogens with zero attached hydrogens (tertiary/aromatic N) is 2. The van der Waals surface area contributed by atoms with E-state index in [1.807, 2.05) is 31.3 Å². The minimum Gasteiger partial charge on any atom is -0.394 e. The van der Waals surface area contributed by atoms with Crippen molar-refractivity contribution in [3.05, 3.63) is 34.9 Å². The molecule has 2 N–H and O–H groups in total. The van der Waals surface area contributed by atoms with Gasteiger partial charge < -0.3 is 15.3 Å². The average Bonchev–Trinajstić information content (AvgIpc) is 2.63. The largest absolute Gasteiger partial charge is 0.394 e. The van der Waals surface area contributed by atoms with Crippen molar-refractivity contribution in [2.45, 2.75) is 39.3 Å². The fourth-order valence-electron chi connectivity index (χ4n) is 2.96. The van der Waals surface area contributed by atoms with E-state index in [4.69, 9.17) is 16.7 Å². The number of aliphatic imine (C=N–C) groups is 1. The van der Waals surface area contributed by atoms with E-state index in [-0.39, 0.29) is 30.5 Å². The molecule has 0 fully saturated rings. The zero-order chi connectivity index (χ0) is 19.3. The Labute approximate surface area is 160 Å². The van der Waals surface area contributed by atoms with Crippen LogP contribution in [0, 0.1) is 5.92 Å². The molecule has 1 amide bonds. The van der Waals surface area contributed by atoms with Crippen LogP contribution in [0.4, 0.5) is 5.69 Å². The molecule has 26 heavy (non-hydrogen) atoms. The van der Waals surface area contributed by atoms with Gasteiger partial charge in [-0.2, -0.15) is 0 Å². The molecule has 0 radical (unpaired) electrons. The SMILES string of the molecule is CCC1C=C(C=NCC(C)C(=O)NC(C)CO)c2ccc(Cl)cc2N1C. The predicted molar refractivity (Wildman–Crippen MR) is 109 cm³/mol. The minimum atomic E-state index is -0.251. The highest BCUT2D eigenvalue weighted by Gasteiger charge is 2.22. The molecule has 0 spiro atoms. The van der Waals surface area contributed by atoms with Crippen LogP contribution in [-0.2, 0) is 4.79 Å². The molecule has 3 atom stereocenters. The molecule has 0 saturated heterocycles. The first-order valence-corrected chi connectivity index (χ1v) is 9.40. The Balaban J connectivity index is 2.12. The van der Waals surface area contributed by atoms with Gasteiger partial charge in [0, 0.05) is 41.6 Å². The maximum absolute atomic E-state index is 12.0. The second-order valence-corrected chi connectivity index (χ2v) is 7.29. The molecule has 0 aromatic heterocycles. The highest BCUT2D eigenvalue weighted by atomic mass is 35.5. The van der Waals surface area contributed by atoms with Crippen LogP contribution in [-0.4, -0.2) is 49.5 Å². The number of nitrogens with one attached hydrogen (secondary N) is 1. The number of hydrogen-bond donors (Lipinski definition) is 2. The maximum Gasteiger partial charge on any atom is 0.224 e. The number of carbonyl (C=O) groups is 1. The van der Waals surface area contributed by atoms with Crippen molar-refractivity contribution < 1.29 is 9.90 Å². The third-order valence-electron chi connectivity index (χ3n) is 4.66. The van der Waals surface area contributed by atoms with Gasteiger partial charge in [-0.05, 0) is 31.1 Å². The smallest absolute Gasteiger partial charge is 0.224 e. The van der Waals surface area contributed by atoms with Crippen molar-refractivity contribution in [2.24, 2.45) is 10.9 Å². The Hall–Kier alpha value is -1.85. The number of carbonyl (C=O) groups excluding carboxylic acids is 1. The summed E-state index contributed by atoms with van der Waals surface area (Å²) >= 11 is 6.17. The number of aliphatic hydroxyl groups excluding tert-OH is 1. The number of amides is 1. The number of hydrogen-bond acceptors (Lipinski definition) is 4. The van der Waals surface area contributed by atoms with E-state index < -0.39 is 0 Å². The van der Waals surface area contributed by atoms with Crippen molar-refractivity contribution >= 4 is 35.0 Å². The van der Waals surface area contributed by atoms with E-state index in [2.05, 4.69) is 35.3 Å². The first kappa shape index (κ1) is 20.5. The summed E-state index contributed by atoms with van der Waals surface area (Å²) < 4.78 is 0. The second kappa shape index (κ2) is 9.19. The summed E-state index contributed by atoms with van der Waals surface area (Å²) in [5.74, 6) is -0.349. The van der Waals surface area contributed by atoms with Crippen molar-refractivity contribution in [2.75, 3.05) is 25.1 Å². The quantitative estimate of drug-likeness (QED) is 0.717. The molecule has 1 aromatic rings. The number of aliphatic hydroxyl groups is 1. The molecular formula is C20H28ClN3O2. The summed E-state index contributed by atoms with van der Waals surface area (Å²) in [4.78, 5) is 18.8. The third-order valence-corrected chi connectivity index (χ3v) is 4.89. The Bertz CT molecular complexity index is 702. The highest BCUT2D eigenvalue weighted by Crippen LogP contribution is 2.35. The Morgan fingerprint density at radius 1 is 1.46 bits per heavy atom. The van der Waals surface area contributed by atoms with Crippen molar-refractivity contribution in [3.8, 4) is 0 Å². The lowest BCUT2D eigenvalue weighted by molar-refractivity contribution is -0.125. The van der Waals surface area contributed by atoms with Gasteiger partial charge in [-0.1, -0.05) is 37.6 Å². The van der Waals surface area contributed by atoms with Crippen LogP contribution in [0.5, 0.6) is 0 Å². The molecule has 0 aliphatic carbocycles. The van der Waals surface area contributed by atoms with E-state index in [9.17, 15) is 4.79 Å². The van der Waals surface area contributed by atoms with Crippen LogP contribution in [0.2, 0.25) is 5.02 Å². The van der Waals surface area contributed by atoms with Crippen LogP contribution >= 0.6 is 11.6 Å². The second-order valence-electron chi connectivity index (χ2n) is 6.86. The molecular weight excluding hydrogens is 350 g/mol. The zero-order valence-corrected chi connectivity index (χ0v) is 16.6. The Morgan fingerprint density at radius 3 is 2.85 bits per heavy atom. The van der Waals surface area contributed by atoms with Crippen LogP contribution in [0.15, 0.2) is 29.3 Å². The van der Waals surface area contributed by atoms with Gasteiger partial charge in [0.1, 0.15) is 0 Å². The van der Waals surface area contributed by atoms with Crippen LogP contribution in [0.25, 0.3) is 5.57 Å². The molecule has 3 unspecified atom stereocenters. The average molecular weight is 378 g/mol. The van der Waals surface area contributed by atoms with Gasteiger partial charge in [0.25, 0.3) is 0 Å². The van der Waals surface area contributed by atoms with Crippen molar-refractivity contribution in [3.63, 3.8) is 0 Å². The Kier molecular flexibility index (Phi) is 7.23. The summed E-state index contributed by atoms with van der Waals surface area (Å²) in [5, 5.41) is 12.5. The number of benzene rings is 1. The van der Waals surface area contributed by atoms with Gasteiger partial charge in [-0.3, -0.25) is 9.79 Å². The van der Waals surface area contributed by atoms with Gasteiger partial charge in [-0.15, -0.1) is 0 Å². The monoisotopic (exact) mass is 377 g/mol. The molecule has 0 saturated carbocycles. The van der Waals surface area contributed by atoms with E-state index in [0.717, 1.165) is 23.2 Å². The van der Waals surface area contributed by atoms with E-state index in [0.29, 0.717) is 11.6 Å². The van der Waals surface area contributed by atoms with Crippen molar-refractivity contribution in [1.82, 2.24) is 5.32 Å². The molecule has 1 heterocycles. The zero-order valence-electron chi connectivity index (χ0n) is 15.9. The molecule has 6 heteroatoms. The van der Waals surface area contributed by atoms with E-state index in [1.54, 1.807) is 6.92 Å². The maximum atomic E-state index is 12.0. The summed E-state index contributed by atoms with van der Waals surface area (Å²) in [6.45, 7) is 6.08. The van der Waals surface area contributed by atoms with Gasteiger partial charge >= 0.3 is 0 Å². The highest BCUT2D eigenvalue weighted by molar-refractivity contribution is 6.31. The number of halogens is 1. The van der Waals surface area contributed by atoms with Gasteiger partial charge in [0.2, 0.25) is 5.91 Å². The van der Waals surface area contributed by atoms with Gasteiger partial charge in [0.05, 0.1) is 19.1 Å². The summed E-state index contributed by atoms with van der Waals surface area (Å²) in [7, 11) is 2.07. The summed E-state index contributed by atoms with van der Waals surface area (Å²) in [5.41, 5.74) is 3.24. The van der Waals surface area contributed by atoms with Gasteiger partial charge in [0.15, 0.2) is 0 Å². The van der Waals surface area contributed by atoms with E-state index in [1.165, 1.54) is 0 Å². The van der Waals surface area contributed by atoms with Crippen LogP contribution < -0.4 is 10.2 Å². The van der Waals surface area contributed by atoms with E-state index >= 15 is 0 Å². The number of rotatable bonds is 7. The fraction of sp³-hybridized carbons (Fsp3) is 0.500. The fourth-order valence-corrected chi connectivity index (χ4v) is 3.12. The third kappa shape index (κ3) is 4.86. The molecule has 5 nitrogen and oxygen atoms in total. The lowest BCUT2D eigenvalue weighted by atomic mass is 9.95. The molecule has 142 valence electrons.